The first-order chi connectivity index (χ1) is 8.65. The predicted octanol–water partition coefficient (Wildman–Crippen LogP) is 1.95. The summed E-state index contributed by atoms with van der Waals surface area (Å²) in [5.74, 6) is 0.447. The lowest BCUT2D eigenvalue weighted by Crippen LogP contribution is -2.21. The number of rotatable bonds is 5. The Morgan fingerprint density at radius 2 is 2.11 bits per heavy atom. The van der Waals surface area contributed by atoms with Crippen molar-refractivity contribution in [2.24, 2.45) is 0 Å². The van der Waals surface area contributed by atoms with E-state index < -0.39 is 6.10 Å². The molecular weight excluding hydrogens is 235 g/mol. The Hall–Kier alpha value is -1.72. The summed E-state index contributed by atoms with van der Waals surface area (Å²) in [4.78, 5) is 0. The number of aliphatic hydroxyl groups excluding tert-OH is 1. The third-order valence-corrected chi connectivity index (χ3v) is 2.58. The summed E-state index contributed by atoms with van der Waals surface area (Å²) in [6.07, 6.45) is -0.668. The van der Waals surface area contributed by atoms with Crippen LogP contribution in [0.4, 0.5) is 4.39 Å². The monoisotopic (exact) mass is 250 g/mol. The molecule has 96 valence electrons. The van der Waals surface area contributed by atoms with Gasteiger partial charge in [-0.3, -0.25) is 0 Å². The topological polar surface area (TPSA) is 58.3 Å². The molecule has 0 saturated heterocycles. The van der Waals surface area contributed by atoms with E-state index in [1.54, 1.807) is 12.1 Å². The molecule has 1 aromatic heterocycles. The van der Waals surface area contributed by atoms with Crippen molar-refractivity contribution in [3.05, 3.63) is 53.2 Å². The van der Waals surface area contributed by atoms with E-state index in [1.807, 2.05) is 13.0 Å². The Morgan fingerprint density at radius 3 is 2.72 bits per heavy atom. The molecule has 0 fully saturated rings. The highest BCUT2D eigenvalue weighted by Crippen LogP contribution is 2.12. The van der Waals surface area contributed by atoms with Crippen LogP contribution in [0.3, 0.4) is 0 Å². The molecule has 2 aromatic rings. The average Bonchev–Trinajstić information content (AvgIpc) is 2.76. The molecule has 0 aliphatic carbocycles. The van der Waals surface area contributed by atoms with Gasteiger partial charge in [0.25, 0.3) is 0 Å². The van der Waals surface area contributed by atoms with Crippen molar-refractivity contribution in [1.29, 1.82) is 0 Å². The zero-order valence-corrected chi connectivity index (χ0v) is 10.1. The molecule has 4 nitrogen and oxygen atoms in total. The van der Waals surface area contributed by atoms with Crippen molar-refractivity contribution in [2.45, 2.75) is 19.6 Å². The molecule has 0 aliphatic heterocycles. The highest BCUT2D eigenvalue weighted by molar-refractivity contribution is 5.18. The maximum absolute atomic E-state index is 12.7. The maximum Gasteiger partial charge on any atom is 0.133 e. The SMILES string of the molecule is Cc1cc(CNCC(O)c2ccc(F)cc2)no1. The molecule has 18 heavy (non-hydrogen) atoms. The average molecular weight is 250 g/mol. The van der Waals surface area contributed by atoms with E-state index in [1.165, 1.54) is 12.1 Å². The second kappa shape index (κ2) is 5.75. The van der Waals surface area contributed by atoms with E-state index >= 15 is 0 Å². The Kier molecular flexibility index (Phi) is 4.07. The van der Waals surface area contributed by atoms with Gasteiger partial charge in [-0.05, 0) is 24.6 Å². The summed E-state index contributed by atoms with van der Waals surface area (Å²) in [6, 6.07) is 7.64. The number of nitrogens with one attached hydrogen (secondary N) is 1. The van der Waals surface area contributed by atoms with Gasteiger partial charge in [-0.15, -0.1) is 0 Å². The van der Waals surface area contributed by atoms with E-state index in [-0.39, 0.29) is 5.82 Å². The maximum atomic E-state index is 12.7. The van der Waals surface area contributed by atoms with E-state index in [9.17, 15) is 9.50 Å². The first-order valence-electron chi connectivity index (χ1n) is 5.71. The van der Waals surface area contributed by atoms with Crippen LogP contribution in [0.2, 0.25) is 0 Å². The van der Waals surface area contributed by atoms with Crippen molar-refractivity contribution >= 4 is 0 Å². The third-order valence-electron chi connectivity index (χ3n) is 2.58. The van der Waals surface area contributed by atoms with Crippen molar-refractivity contribution in [2.75, 3.05) is 6.54 Å². The lowest BCUT2D eigenvalue weighted by atomic mass is 10.1. The molecule has 0 radical (unpaired) electrons. The van der Waals surface area contributed by atoms with Gasteiger partial charge < -0.3 is 14.9 Å². The Morgan fingerprint density at radius 1 is 1.39 bits per heavy atom. The van der Waals surface area contributed by atoms with Gasteiger partial charge in [0.1, 0.15) is 11.6 Å². The second-order valence-electron chi connectivity index (χ2n) is 4.13. The van der Waals surface area contributed by atoms with Gasteiger partial charge in [0.15, 0.2) is 0 Å². The van der Waals surface area contributed by atoms with Crippen LogP contribution in [0.15, 0.2) is 34.9 Å². The zero-order chi connectivity index (χ0) is 13.0. The van der Waals surface area contributed by atoms with Gasteiger partial charge in [0.2, 0.25) is 0 Å². The fraction of sp³-hybridized carbons (Fsp3) is 0.308. The molecule has 0 saturated carbocycles. The minimum absolute atomic E-state index is 0.308. The smallest absolute Gasteiger partial charge is 0.133 e. The fourth-order valence-electron chi connectivity index (χ4n) is 1.64. The van der Waals surface area contributed by atoms with Gasteiger partial charge in [-0.2, -0.15) is 0 Å². The van der Waals surface area contributed by atoms with Crippen LogP contribution in [0.5, 0.6) is 0 Å². The van der Waals surface area contributed by atoms with Crippen LogP contribution in [-0.2, 0) is 6.54 Å². The van der Waals surface area contributed by atoms with Gasteiger partial charge in [0, 0.05) is 19.2 Å². The van der Waals surface area contributed by atoms with Crippen LogP contribution in [-0.4, -0.2) is 16.8 Å². The van der Waals surface area contributed by atoms with Crippen molar-refractivity contribution in [1.82, 2.24) is 10.5 Å². The first-order valence-corrected chi connectivity index (χ1v) is 5.71. The van der Waals surface area contributed by atoms with Crippen LogP contribution < -0.4 is 5.32 Å². The number of benzene rings is 1. The van der Waals surface area contributed by atoms with Crippen molar-refractivity contribution in [3.8, 4) is 0 Å². The molecule has 1 aromatic carbocycles. The van der Waals surface area contributed by atoms with Crippen molar-refractivity contribution < 1.29 is 14.0 Å². The van der Waals surface area contributed by atoms with Crippen LogP contribution in [0.1, 0.15) is 23.1 Å². The summed E-state index contributed by atoms with van der Waals surface area (Å²) in [5.41, 5.74) is 1.47. The lowest BCUT2D eigenvalue weighted by Gasteiger charge is -2.11. The van der Waals surface area contributed by atoms with Crippen LogP contribution >= 0.6 is 0 Å². The molecule has 0 spiro atoms. The van der Waals surface area contributed by atoms with Gasteiger partial charge >= 0.3 is 0 Å². The number of halogens is 1. The first kappa shape index (κ1) is 12.7. The molecule has 0 bridgehead atoms. The number of aromatic nitrogens is 1. The Labute approximate surface area is 104 Å². The molecule has 1 unspecified atom stereocenters. The zero-order valence-electron chi connectivity index (χ0n) is 10.1. The number of nitrogens with zero attached hydrogens (tertiary/aromatic N) is 1. The summed E-state index contributed by atoms with van der Waals surface area (Å²) in [6.45, 7) is 2.72. The molecule has 2 N–H and O–H groups in total. The highest BCUT2D eigenvalue weighted by atomic mass is 19.1. The van der Waals surface area contributed by atoms with Gasteiger partial charge in [-0.25, -0.2) is 4.39 Å². The van der Waals surface area contributed by atoms with E-state index in [2.05, 4.69) is 10.5 Å². The van der Waals surface area contributed by atoms with E-state index in [0.717, 1.165) is 11.5 Å². The fourth-order valence-corrected chi connectivity index (χ4v) is 1.64. The van der Waals surface area contributed by atoms with Crippen LogP contribution in [0.25, 0.3) is 0 Å². The van der Waals surface area contributed by atoms with Gasteiger partial charge in [-0.1, -0.05) is 17.3 Å². The summed E-state index contributed by atoms with van der Waals surface area (Å²) < 4.78 is 17.6. The summed E-state index contributed by atoms with van der Waals surface area (Å²) in [7, 11) is 0. The van der Waals surface area contributed by atoms with Gasteiger partial charge in [0.05, 0.1) is 11.8 Å². The highest BCUT2D eigenvalue weighted by Gasteiger charge is 2.07. The largest absolute Gasteiger partial charge is 0.387 e. The Bertz CT molecular complexity index is 496. The summed E-state index contributed by atoms with van der Waals surface area (Å²) >= 11 is 0. The van der Waals surface area contributed by atoms with E-state index in [0.29, 0.717) is 18.7 Å². The number of aryl methyl sites for hydroxylation is 1. The molecule has 1 heterocycles. The summed E-state index contributed by atoms with van der Waals surface area (Å²) in [5, 5.41) is 16.8. The van der Waals surface area contributed by atoms with Crippen molar-refractivity contribution in [3.63, 3.8) is 0 Å². The number of aliphatic hydroxyl groups is 1. The molecule has 2 rings (SSSR count). The molecular formula is C13H15FN2O2. The second-order valence-corrected chi connectivity index (χ2v) is 4.13. The lowest BCUT2D eigenvalue weighted by molar-refractivity contribution is 0.174. The molecule has 1 atom stereocenters. The normalized spacial score (nSPS) is 12.6. The Balaban J connectivity index is 1.81. The number of hydrogen-bond acceptors (Lipinski definition) is 4. The molecule has 5 heteroatoms. The minimum atomic E-state index is -0.668. The predicted molar refractivity (Wildman–Crippen MR) is 64.3 cm³/mol. The molecule has 0 aliphatic rings. The quantitative estimate of drug-likeness (QED) is 0.851. The van der Waals surface area contributed by atoms with Crippen LogP contribution in [0, 0.1) is 12.7 Å². The minimum Gasteiger partial charge on any atom is -0.387 e. The standard InChI is InChI=1S/C13H15FN2O2/c1-9-6-12(16-18-9)7-15-8-13(17)10-2-4-11(14)5-3-10/h2-6,13,15,17H,7-8H2,1H3. The molecule has 0 amide bonds. The third kappa shape index (κ3) is 3.38. The van der Waals surface area contributed by atoms with E-state index in [4.69, 9.17) is 4.52 Å². The number of hydrogen-bond donors (Lipinski definition) is 2.